The number of hydrogen-bond donors (Lipinski definition) is 1. The average molecular weight is 363 g/mol. The van der Waals surface area contributed by atoms with Crippen molar-refractivity contribution in [2.45, 2.75) is 25.8 Å². The van der Waals surface area contributed by atoms with Crippen LogP contribution in [0.4, 0.5) is 0 Å². The SMILES string of the molecule is CCc1ccc(C(c2cccc(Cl)c2Cl)N2CCCNCC2)cc1. The van der Waals surface area contributed by atoms with Crippen molar-refractivity contribution in [1.29, 1.82) is 0 Å². The van der Waals surface area contributed by atoms with E-state index >= 15 is 0 Å². The summed E-state index contributed by atoms with van der Waals surface area (Å²) in [7, 11) is 0. The van der Waals surface area contributed by atoms with E-state index in [-0.39, 0.29) is 6.04 Å². The van der Waals surface area contributed by atoms with Gasteiger partial charge in [0.2, 0.25) is 0 Å². The summed E-state index contributed by atoms with van der Waals surface area (Å²) in [6.07, 6.45) is 2.19. The molecule has 1 aliphatic heterocycles. The van der Waals surface area contributed by atoms with Gasteiger partial charge < -0.3 is 5.32 Å². The third-order valence-corrected chi connectivity index (χ3v) is 5.55. The molecule has 4 heteroatoms. The summed E-state index contributed by atoms with van der Waals surface area (Å²) < 4.78 is 0. The Kier molecular flexibility index (Phi) is 6.18. The number of rotatable bonds is 4. The fourth-order valence-corrected chi connectivity index (χ4v) is 3.79. The first-order valence-electron chi connectivity index (χ1n) is 8.68. The lowest BCUT2D eigenvalue weighted by Crippen LogP contribution is -2.33. The van der Waals surface area contributed by atoms with Crippen molar-refractivity contribution < 1.29 is 0 Å². The monoisotopic (exact) mass is 362 g/mol. The zero-order chi connectivity index (χ0) is 16.9. The minimum absolute atomic E-state index is 0.141. The molecule has 1 aliphatic rings. The Labute approximate surface area is 154 Å². The molecule has 0 aliphatic carbocycles. The largest absolute Gasteiger partial charge is 0.315 e. The summed E-state index contributed by atoms with van der Waals surface area (Å²) >= 11 is 12.9. The Morgan fingerprint density at radius 2 is 1.83 bits per heavy atom. The number of nitrogens with one attached hydrogen (secondary N) is 1. The lowest BCUT2D eigenvalue weighted by molar-refractivity contribution is 0.241. The second-order valence-electron chi connectivity index (χ2n) is 6.28. The van der Waals surface area contributed by atoms with Crippen LogP contribution in [-0.4, -0.2) is 31.1 Å². The molecular formula is C20H24Cl2N2. The lowest BCUT2D eigenvalue weighted by atomic mass is 9.95. The van der Waals surface area contributed by atoms with Crippen LogP contribution in [0, 0.1) is 0 Å². The molecule has 1 heterocycles. The molecule has 24 heavy (non-hydrogen) atoms. The van der Waals surface area contributed by atoms with Crippen LogP contribution in [-0.2, 0) is 6.42 Å². The summed E-state index contributed by atoms with van der Waals surface area (Å²) in [5.74, 6) is 0. The van der Waals surface area contributed by atoms with E-state index < -0.39 is 0 Å². The van der Waals surface area contributed by atoms with E-state index in [0.717, 1.165) is 44.6 Å². The number of hydrogen-bond acceptors (Lipinski definition) is 2. The number of benzene rings is 2. The van der Waals surface area contributed by atoms with Crippen molar-refractivity contribution >= 4 is 23.2 Å². The third-order valence-electron chi connectivity index (χ3n) is 4.72. The summed E-state index contributed by atoms with van der Waals surface area (Å²) in [5, 5.41) is 4.77. The molecule has 0 aromatic heterocycles. The van der Waals surface area contributed by atoms with Gasteiger partial charge in [0.1, 0.15) is 0 Å². The maximum Gasteiger partial charge on any atom is 0.0643 e. The van der Waals surface area contributed by atoms with Gasteiger partial charge in [-0.2, -0.15) is 0 Å². The van der Waals surface area contributed by atoms with Gasteiger partial charge in [-0.1, -0.05) is 66.5 Å². The van der Waals surface area contributed by atoms with Crippen molar-refractivity contribution in [3.63, 3.8) is 0 Å². The van der Waals surface area contributed by atoms with Gasteiger partial charge >= 0.3 is 0 Å². The van der Waals surface area contributed by atoms with E-state index in [9.17, 15) is 0 Å². The minimum Gasteiger partial charge on any atom is -0.315 e. The molecule has 0 bridgehead atoms. The first-order valence-corrected chi connectivity index (χ1v) is 9.44. The molecule has 2 nitrogen and oxygen atoms in total. The second-order valence-corrected chi connectivity index (χ2v) is 7.07. The fourth-order valence-electron chi connectivity index (χ4n) is 3.38. The standard InChI is InChI=1S/C20H24Cl2N2/c1-2-15-7-9-16(10-8-15)20(24-13-4-11-23-12-14-24)17-5-3-6-18(21)19(17)22/h3,5-10,20,23H,2,4,11-14H2,1H3. The van der Waals surface area contributed by atoms with Crippen LogP contribution >= 0.6 is 23.2 Å². The summed E-state index contributed by atoms with van der Waals surface area (Å²) in [5.41, 5.74) is 3.72. The van der Waals surface area contributed by atoms with Gasteiger partial charge in [0.05, 0.1) is 16.1 Å². The molecule has 3 rings (SSSR count). The highest BCUT2D eigenvalue weighted by molar-refractivity contribution is 6.42. The Balaban J connectivity index is 2.03. The molecule has 128 valence electrons. The molecule has 1 atom stereocenters. The van der Waals surface area contributed by atoms with Crippen molar-refractivity contribution in [2.24, 2.45) is 0 Å². The maximum absolute atomic E-state index is 6.58. The van der Waals surface area contributed by atoms with Crippen LogP contribution < -0.4 is 5.32 Å². The molecule has 1 saturated heterocycles. The second kappa shape index (κ2) is 8.35. The molecule has 1 N–H and O–H groups in total. The molecule has 0 saturated carbocycles. The van der Waals surface area contributed by atoms with Gasteiger partial charge in [-0.05, 0) is 42.1 Å². The first kappa shape index (κ1) is 17.8. The zero-order valence-electron chi connectivity index (χ0n) is 14.1. The quantitative estimate of drug-likeness (QED) is 0.828. The van der Waals surface area contributed by atoms with Crippen LogP contribution in [0.25, 0.3) is 0 Å². The highest BCUT2D eigenvalue weighted by Gasteiger charge is 2.25. The molecule has 1 unspecified atom stereocenters. The highest BCUT2D eigenvalue weighted by atomic mass is 35.5. The normalized spacial score (nSPS) is 17.5. The highest BCUT2D eigenvalue weighted by Crippen LogP contribution is 2.37. The van der Waals surface area contributed by atoms with Crippen molar-refractivity contribution in [2.75, 3.05) is 26.2 Å². The van der Waals surface area contributed by atoms with Crippen molar-refractivity contribution in [3.8, 4) is 0 Å². The van der Waals surface area contributed by atoms with Crippen LogP contribution in [0.3, 0.4) is 0 Å². The van der Waals surface area contributed by atoms with Gasteiger partial charge in [-0.15, -0.1) is 0 Å². The number of nitrogens with zero attached hydrogens (tertiary/aromatic N) is 1. The first-order chi connectivity index (χ1) is 11.7. The molecule has 2 aromatic rings. The molecule has 2 aromatic carbocycles. The predicted octanol–water partition coefficient (Wildman–Crippen LogP) is 4.94. The molecule has 0 amide bonds. The van der Waals surface area contributed by atoms with Gasteiger partial charge in [0.15, 0.2) is 0 Å². The predicted molar refractivity (Wildman–Crippen MR) is 103 cm³/mol. The van der Waals surface area contributed by atoms with Crippen LogP contribution in [0.5, 0.6) is 0 Å². The number of aryl methyl sites for hydroxylation is 1. The van der Waals surface area contributed by atoms with Gasteiger partial charge in [0.25, 0.3) is 0 Å². The Hall–Kier alpha value is -1.06. The van der Waals surface area contributed by atoms with Gasteiger partial charge in [0, 0.05) is 19.6 Å². The van der Waals surface area contributed by atoms with E-state index in [1.807, 2.05) is 12.1 Å². The Bertz CT molecular complexity index is 662. The van der Waals surface area contributed by atoms with E-state index in [1.54, 1.807) is 0 Å². The fraction of sp³-hybridized carbons (Fsp3) is 0.400. The summed E-state index contributed by atoms with van der Waals surface area (Å²) in [6.45, 7) is 6.31. The van der Waals surface area contributed by atoms with Gasteiger partial charge in [-0.3, -0.25) is 4.90 Å². The average Bonchev–Trinajstić information content (AvgIpc) is 2.89. The number of halogens is 2. The zero-order valence-corrected chi connectivity index (χ0v) is 15.6. The smallest absolute Gasteiger partial charge is 0.0643 e. The van der Waals surface area contributed by atoms with E-state index in [0.29, 0.717) is 10.0 Å². The van der Waals surface area contributed by atoms with Gasteiger partial charge in [-0.25, -0.2) is 0 Å². The molecule has 1 fully saturated rings. The van der Waals surface area contributed by atoms with Crippen molar-refractivity contribution in [1.82, 2.24) is 10.2 Å². The molecule has 0 spiro atoms. The molecule has 0 radical (unpaired) electrons. The van der Waals surface area contributed by atoms with Crippen LogP contribution in [0.2, 0.25) is 10.0 Å². The van der Waals surface area contributed by atoms with Crippen LogP contribution in [0.15, 0.2) is 42.5 Å². The minimum atomic E-state index is 0.141. The summed E-state index contributed by atoms with van der Waals surface area (Å²) in [6, 6.07) is 15.0. The van der Waals surface area contributed by atoms with Crippen LogP contribution in [0.1, 0.15) is 36.1 Å². The van der Waals surface area contributed by atoms with E-state index in [1.165, 1.54) is 11.1 Å². The third kappa shape index (κ3) is 3.94. The molecular weight excluding hydrogens is 339 g/mol. The Morgan fingerprint density at radius 3 is 2.58 bits per heavy atom. The maximum atomic E-state index is 6.58. The topological polar surface area (TPSA) is 15.3 Å². The van der Waals surface area contributed by atoms with Crippen molar-refractivity contribution in [3.05, 3.63) is 69.2 Å². The summed E-state index contributed by atoms with van der Waals surface area (Å²) in [4.78, 5) is 2.51. The van der Waals surface area contributed by atoms with E-state index in [4.69, 9.17) is 23.2 Å². The van der Waals surface area contributed by atoms with E-state index in [2.05, 4.69) is 47.5 Å². The lowest BCUT2D eigenvalue weighted by Gasteiger charge is -2.32. The Morgan fingerprint density at radius 1 is 1.04 bits per heavy atom.